The molecule has 28 valence electrons. The predicted molar refractivity (Wildman–Crippen MR) is 16.1 cm³/mol. The van der Waals surface area contributed by atoms with Crippen LogP contribution in [0.15, 0.2) is 10.2 Å². The van der Waals surface area contributed by atoms with Crippen LogP contribution in [0, 0.1) is 22.9 Å². The number of rotatable bonds is 0. The van der Waals surface area contributed by atoms with Crippen LogP contribution in [0.25, 0.3) is 0 Å². The topological polar surface area (TPSA) is 72.3 Å². The summed E-state index contributed by atoms with van der Waals surface area (Å²) in [7, 11) is 0. The SMILES string of the molecule is N#CN=NC#N. The summed E-state index contributed by atoms with van der Waals surface area (Å²) in [6.45, 7) is 0. The van der Waals surface area contributed by atoms with E-state index in [1.165, 1.54) is 12.4 Å². The third-order valence-electron chi connectivity index (χ3n) is 0.139. The van der Waals surface area contributed by atoms with Gasteiger partial charge in [-0.05, 0) is 0 Å². The van der Waals surface area contributed by atoms with Gasteiger partial charge in [0.15, 0.2) is 0 Å². The maximum absolute atomic E-state index is 7.54. The highest BCUT2D eigenvalue weighted by Crippen LogP contribution is 1.61. The minimum absolute atomic E-state index is 1.30. The highest BCUT2D eigenvalue weighted by molar-refractivity contribution is 4.66. The van der Waals surface area contributed by atoms with Crippen molar-refractivity contribution in [2.45, 2.75) is 0 Å². The maximum Gasteiger partial charge on any atom is 0.226 e. The highest BCUT2D eigenvalue weighted by atomic mass is 15.1. The smallest absolute Gasteiger partial charge is 0.169 e. The first-order valence-corrected chi connectivity index (χ1v) is 1.09. The van der Waals surface area contributed by atoms with Gasteiger partial charge in [-0.2, -0.15) is 10.5 Å². The molecule has 0 aromatic rings. The maximum atomic E-state index is 7.54. The Morgan fingerprint density at radius 3 is 1.50 bits per heavy atom. The van der Waals surface area contributed by atoms with E-state index in [1.54, 1.807) is 0 Å². The van der Waals surface area contributed by atoms with Gasteiger partial charge in [-0.15, -0.1) is 0 Å². The minimum Gasteiger partial charge on any atom is -0.169 e. The summed E-state index contributed by atoms with van der Waals surface area (Å²) in [6, 6.07) is 0. The molecule has 0 aromatic carbocycles. The van der Waals surface area contributed by atoms with Gasteiger partial charge in [0.25, 0.3) is 0 Å². The van der Waals surface area contributed by atoms with Crippen LogP contribution in [0.5, 0.6) is 0 Å². The number of hydrogen-bond donors (Lipinski definition) is 0. The lowest BCUT2D eigenvalue weighted by Crippen LogP contribution is -1.39. The molecule has 0 atom stereocenters. The van der Waals surface area contributed by atoms with E-state index in [0.717, 1.165) is 0 Å². The largest absolute Gasteiger partial charge is 0.226 e. The molecule has 4 nitrogen and oxygen atoms in total. The Morgan fingerprint density at radius 2 is 1.33 bits per heavy atom. The molecule has 0 aliphatic carbocycles. The Bertz CT molecular complexity index is 105. The molecule has 0 unspecified atom stereocenters. The molecular formula is C2N4. The molecule has 0 heterocycles. The van der Waals surface area contributed by atoms with Crippen molar-refractivity contribution in [3.63, 3.8) is 0 Å². The summed E-state index contributed by atoms with van der Waals surface area (Å²) in [4.78, 5) is 0. The molecule has 0 amide bonds. The van der Waals surface area contributed by atoms with Crippen molar-refractivity contribution >= 4 is 0 Å². The third-order valence-corrected chi connectivity index (χ3v) is 0.139. The van der Waals surface area contributed by atoms with Crippen molar-refractivity contribution in [3.8, 4) is 12.4 Å². The molecule has 0 rings (SSSR count). The summed E-state index contributed by atoms with van der Waals surface area (Å²) in [5, 5.41) is 20.4. The predicted octanol–water partition coefficient (Wildman–Crippen LogP) is 0.401. The molecule has 0 saturated carbocycles. The standard InChI is InChI=1S/C2N4/c3-1-5-6-2-4. The van der Waals surface area contributed by atoms with Gasteiger partial charge >= 0.3 is 0 Å². The molecule has 0 bridgehead atoms. The van der Waals surface area contributed by atoms with Gasteiger partial charge in [0.05, 0.1) is 0 Å². The second kappa shape index (κ2) is 3.58. The van der Waals surface area contributed by atoms with Crippen molar-refractivity contribution in [3.05, 3.63) is 0 Å². The Balaban J connectivity index is 3.36. The summed E-state index contributed by atoms with van der Waals surface area (Å²) < 4.78 is 0. The van der Waals surface area contributed by atoms with Gasteiger partial charge in [0.1, 0.15) is 0 Å². The molecule has 0 aliphatic heterocycles. The number of hydrogen-bond acceptors (Lipinski definition) is 4. The van der Waals surface area contributed by atoms with Gasteiger partial charge in [0, 0.05) is 0 Å². The van der Waals surface area contributed by atoms with Crippen molar-refractivity contribution in [1.29, 1.82) is 10.5 Å². The fourth-order valence-corrected chi connectivity index (χ4v) is 0.0447. The molecule has 0 fully saturated rings. The van der Waals surface area contributed by atoms with E-state index >= 15 is 0 Å². The second-order valence-corrected chi connectivity index (χ2v) is 0.400. The lowest BCUT2D eigenvalue weighted by atomic mass is 11.4. The van der Waals surface area contributed by atoms with Crippen molar-refractivity contribution < 1.29 is 0 Å². The summed E-state index contributed by atoms with van der Waals surface area (Å²) >= 11 is 0. The highest BCUT2D eigenvalue weighted by Gasteiger charge is 1.54. The van der Waals surface area contributed by atoms with Crippen LogP contribution < -0.4 is 0 Å². The first-order chi connectivity index (χ1) is 2.91. The van der Waals surface area contributed by atoms with E-state index in [0.29, 0.717) is 0 Å². The van der Waals surface area contributed by atoms with Crippen LogP contribution in [-0.4, -0.2) is 0 Å². The lowest BCUT2D eigenvalue weighted by Gasteiger charge is -1.46. The van der Waals surface area contributed by atoms with E-state index in [2.05, 4.69) is 10.2 Å². The molecule has 4 heteroatoms. The van der Waals surface area contributed by atoms with E-state index in [9.17, 15) is 0 Å². The van der Waals surface area contributed by atoms with E-state index in [-0.39, 0.29) is 0 Å². The fourth-order valence-electron chi connectivity index (χ4n) is 0.0447. The van der Waals surface area contributed by atoms with Gasteiger partial charge in [-0.25, -0.2) is 0 Å². The van der Waals surface area contributed by atoms with Gasteiger partial charge in [-0.3, -0.25) is 0 Å². The van der Waals surface area contributed by atoms with Crippen molar-refractivity contribution in [2.75, 3.05) is 0 Å². The van der Waals surface area contributed by atoms with Crippen molar-refractivity contribution in [1.82, 2.24) is 0 Å². The molecular weight excluding hydrogens is 80.0 g/mol. The zero-order chi connectivity index (χ0) is 4.83. The zero-order valence-electron chi connectivity index (χ0n) is 2.79. The molecule has 0 N–H and O–H groups in total. The Morgan fingerprint density at radius 1 is 1.00 bits per heavy atom. The van der Waals surface area contributed by atoms with Crippen molar-refractivity contribution in [2.24, 2.45) is 10.2 Å². The quantitative estimate of drug-likeness (QED) is 0.312. The Hall–Kier alpha value is -1.42. The van der Waals surface area contributed by atoms with E-state index in [4.69, 9.17) is 10.5 Å². The minimum atomic E-state index is 1.30. The molecule has 0 saturated heterocycles. The molecule has 0 aromatic heterocycles. The van der Waals surface area contributed by atoms with Crippen LogP contribution >= 0.6 is 0 Å². The molecule has 0 radical (unpaired) electrons. The second-order valence-electron chi connectivity index (χ2n) is 0.400. The number of nitrogens with zero attached hydrogens (tertiary/aromatic N) is 4. The first kappa shape index (κ1) is 4.58. The van der Waals surface area contributed by atoms with Crippen LogP contribution in [-0.2, 0) is 0 Å². The van der Waals surface area contributed by atoms with E-state index < -0.39 is 0 Å². The third kappa shape index (κ3) is 2.58. The van der Waals surface area contributed by atoms with Crippen LogP contribution in [0.3, 0.4) is 0 Å². The zero-order valence-corrected chi connectivity index (χ0v) is 2.79. The van der Waals surface area contributed by atoms with Gasteiger partial charge < -0.3 is 0 Å². The molecule has 6 heavy (non-hydrogen) atoms. The fraction of sp³-hybridized carbons (Fsp3) is 0. The average molecular weight is 80.0 g/mol. The van der Waals surface area contributed by atoms with Gasteiger partial charge in [-0.1, -0.05) is 10.2 Å². The summed E-state index contributed by atoms with van der Waals surface area (Å²) in [6.07, 6.45) is 2.61. The van der Waals surface area contributed by atoms with Crippen LogP contribution in [0.1, 0.15) is 0 Å². The van der Waals surface area contributed by atoms with Crippen LogP contribution in [0.2, 0.25) is 0 Å². The van der Waals surface area contributed by atoms with Crippen LogP contribution in [0.4, 0.5) is 0 Å². The Labute approximate surface area is 34.3 Å². The first-order valence-electron chi connectivity index (χ1n) is 1.09. The Kier molecular flexibility index (Phi) is 2.73. The lowest BCUT2D eigenvalue weighted by molar-refractivity contribution is 1.22. The average Bonchev–Trinajstić information content (AvgIpc) is 1.61. The number of azo groups is 1. The molecule has 0 aliphatic rings. The number of nitriles is 2. The van der Waals surface area contributed by atoms with Gasteiger partial charge in [0.2, 0.25) is 12.4 Å². The summed E-state index contributed by atoms with van der Waals surface area (Å²) in [5.74, 6) is 0. The normalized spacial score (nSPS) is 7.00. The summed E-state index contributed by atoms with van der Waals surface area (Å²) in [5.41, 5.74) is 0. The van der Waals surface area contributed by atoms with E-state index in [1.807, 2.05) is 0 Å². The monoisotopic (exact) mass is 80.0 g/mol. The molecule has 0 spiro atoms.